The molecular formula is C5H8O4. The number of hydrogen-bond acceptors (Lipinski definition) is 3. The fourth-order valence-electron chi connectivity index (χ4n) is 0.151. The fourth-order valence-corrected chi connectivity index (χ4v) is 0.151. The second-order valence-corrected chi connectivity index (χ2v) is 1.57. The lowest BCUT2D eigenvalue weighted by atomic mass is 10.1. The van der Waals surface area contributed by atoms with E-state index in [0.717, 1.165) is 0 Å². The van der Waals surface area contributed by atoms with E-state index in [9.17, 15) is 9.59 Å². The minimum Gasteiger partial charge on any atom is -0.479 e. The van der Waals surface area contributed by atoms with Crippen molar-refractivity contribution in [3.05, 3.63) is 0 Å². The minimum absolute atomic E-state index is 0.709. The molecule has 0 aromatic carbocycles. The number of carboxylic acids is 1. The van der Waals surface area contributed by atoms with Crippen LogP contribution >= 0.6 is 0 Å². The first kappa shape index (κ1) is 4.00. The molecule has 0 fully saturated rings. The molecule has 4 heteroatoms. The molecule has 1 atom stereocenters. The Labute approximate surface area is 56.3 Å². The molecule has 0 heterocycles. The molecule has 0 aromatic rings. The highest BCUT2D eigenvalue weighted by Gasteiger charge is 2.35. The van der Waals surface area contributed by atoms with Gasteiger partial charge in [-0.2, -0.15) is 0 Å². The van der Waals surface area contributed by atoms with E-state index in [1.165, 1.54) is 0 Å². The largest absolute Gasteiger partial charge is 0.479 e. The van der Waals surface area contributed by atoms with Crippen LogP contribution in [0.15, 0.2) is 0 Å². The van der Waals surface area contributed by atoms with E-state index in [0.29, 0.717) is 6.92 Å². The van der Waals surface area contributed by atoms with Crippen LogP contribution in [0, 0.1) is 0 Å². The summed E-state index contributed by atoms with van der Waals surface area (Å²) < 4.78 is 19.9. The molecule has 0 amide bonds. The number of ketones is 1. The third kappa shape index (κ3) is 1.50. The summed E-state index contributed by atoms with van der Waals surface area (Å²) in [6, 6.07) is 0. The number of carbonyl (C=O) groups excluding carboxylic acids is 1. The monoisotopic (exact) mass is 136 g/mol. The first-order valence-corrected chi connectivity index (χ1v) is 2.11. The van der Waals surface area contributed by atoms with Gasteiger partial charge in [0.15, 0.2) is 5.78 Å². The molecule has 0 saturated heterocycles. The van der Waals surface area contributed by atoms with Crippen LogP contribution in [0.25, 0.3) is 0 Å². The molecule has 0 aliphatic carbocycles. The highest BCUT2D eigenvalue weighted by molar-refractivity contribution is 6.04. The lowest BCUT2D eigenvalue weighted by Gasteiger charge is -2.11. The number of hydrogen-bond donors (Lipinski definition) is 2. The maximum absolute atomic E-state index is 10.6. The molecule has 0 saturated carbocycles. The molecule has 2 N–H and O–H groups in total. The summed E-state index contributed by atoms with van der Waals surface area (Å²) in [5.74, 6) is -3.37. The van der Waals surface area contributed by atoms with Crippen LogP contribution in [0.4, 0.5) is 0 Å². The van der Waals surface area contributed by atoms with Gasteiger partial charge in [0.2, 0.25) is 5.60 Å². The van der Waals surface area contributed by atoms with Crippen molar-refractivity contribution >= 4 is 11.8 Å². The maximum Gasteiger partial charge on any atom is 0.343 e. The Morgan fingerprint density at radius 3 is 2.11 bits per heavy atom. The Hall–Kier alpha value is -0.900. The summed E-state index contributed by atoms with van der Waals surface area (Å²) in [5, 5.41) is 17.3. The van der Waals surface area contributed by atoms with Gasteiger partial charge in [-0.3, -0.25) is 4.79 Å². The molecule has 0 spiro atoms. The Balaban J connectivity index is 5.17. The topological polar surface area (TPSA) is 74.6 Å². The zero-order chi connectivity index (χ0) is 10.2. The van der Waals surface area contributed by atoms with Crippen LogP contribution in [-0.4, -0.2) is 27.6 Å². The van der Waals surface area contributed by atoms with E-state index in [-0.39, 0.29) is 0 Å². The number of carbonyl (C=O) groups is 2. The van der Waals surface area contributed by atoms with Crippen LogP contribution in [0.1, 0.15) is 17.9 Å². The standard InChI is InChI=1S/C5H8O4/c1-3(6)5(2,9)4(7)8/h9H,1-2H3,(H,7,8)/i1+1,2D3. The summed E-state index contributed by atoms with van der Waals surface area (Å²) >= 11 is 0. The Morgan fingerprint density at radius 1 is 1.67 bits per heavy atom. The zero-order valence-corrected chi connectivity index (χ0v) is 4.71. The molecule has 0 aliphatic heterocycles. The van der Waals surface area contributed by atoms with E-state index in [1.807, 2.05) is 0 Å². The van der Waals surface area contributed by atoms with Crippen LogP contribution < -0.4 is 0 Å². The van der Waals surface area contributed by atoms with Gasteiger partial charge in [0.25, 0.3) is 0 Å². The molecule has 0 rings (SSSR count). The van der Waals surface area contributed by atoms with Crippen molar-refractivity contribution in [1.29, 1.82) is 0 Å². The quantitative estimate of drug-likeness (QED) is 0.393. The SMILES string of the molecule is [2H]C([2H])([2H])C(O)(C([13CH3])=O)C(=O)O. The number of rotatable bonds is 2. The average molecular weight is 136 g/mol. The number of carboxylic acid groups (broad SMARTS) is 1. The van der Waals surface area contributed by atoms with Gasteiger partial charge in [-0.15, -0.1) is 0 Å². The van der Waals surface area contributed by atoms with Crippen molar-refractivity contribution < 1.29 is 23.9 Å². The zero-order valence-electron chi connectivity index (χ0n) is 7.71. The second kappa shape index (κ2) is 2.14. The molecule has 4 nitrogen and oxygen atoms in total. The normalized spacial score (nSPS) is 22.7. The van der Waals surface area contributed by atoms with E-state index in [1.54, 1.807) is 0 Å². The van der Waals surface area contributed by atoms with Crippen LogP contribution in [0.3, 0.4) is 0 Å². The summed E-state index contributed by atoms with van der Waals surface area (Å²) in [4.78, 5) is 20.8. The van der Waals surface area contributed by atoms with Crippen LogP contribution in [-0.2, 0) is 9.59 Å². The first-order valence-electron chi connectivity index (χ1n) is 3.61. The molecule has 0 aliphatic rings. The number of aliphatic hydroxyl groups is 1. The summed E-state index contributed by atoms with van der Waals surface area (Å²) in [6.07, 6.45) is 0. The highest BCUT2D eigenvalue weighted by Crippen LogP contribution is 2.03. The maximum atomic E-state index is 10.6. The van der Waals surface area contributed by atoms with Gasteiger partial charge < -0.3 is 10.2 Å². The molecule has 0 radical (unpaired) electrons. The van der Waals surface area contributed by atoms with E-state index in [4.69, 9.17) is 14.3 Å². The highest BCUT2D eigenvalue weighted by atomic mass is 16.4. The van der Waals surface area contributed by atoms with Gasteiger partial charge in [0, 0.05) is 4.11 Å². The molecule has 9 heavy (non-hydrogen) atoms. The van der Waals surface area contributed by atoms with Crippen molar-refractivity contribution in [3.63, 3.8) is 0 Å². The van der Waals surface area contributed by atoms with E-state index >= 15 is 0 Å². The van der Waals surface area contributed by atoms with Crippen molar-refractivity contribution in [2.24, 2.45) is 0 Å². The lowest BCUT2D eigenvalue weighted by Crippen LogP contribution is -2.41. The number of Topliss-reactive ketones (excluding diaryl/α,β-unsaturated/α-hetero) is 1. The Kier molecular flexibility index (Phi) is 0.954. The molecular weight excluding hydrogens is 125 g/mol. The smallest absolute Gasteiger partial charge is 0.343 e. The fraction of sp³-hybridized carbons (Fsp3) is 0.600. The molecule has 0 aromatic heterocycles. The van der Waals surface area contributed by atoms with Gasteiger partial charge in [-0.05, 0) is 13.8 Å². The third-order valence-corrected chi connectivity index (χ3v) is 0.819. The van der Waals surface area contributed by atoms with Crippen LogP contribution in [0.5, 0.6) is 0 Å². The molecule has 1 unspecified atom stereocenters. The van der Waals surface area contributed by atoms with Gasteiger partial charge in [0.1, 0.15) is 0 Å². The van der Waals surface area contributed by atoms with Gasteiger partial charge in [-0.1, -0.05) is 0 Å². The second-order valence-electron chi connectivity index (χ2n) is 1.57. The third-order valence-electron chi connectivity index (χ3n) is 0.819. The van der Waals surface area contributed by atoms with Crippen molar-refractivity contribution in [1.82, 2.24) is 0 Å². The van der Waals surface area contributed by atoms with Crippen molar-refractivity contribution in [2.75, 3.05) is 0 Å². The summed E-state index contributed by atoms with van der Waals surface area (Å²) in [6.45, 7) is -2.54. The average Bonchev–Trinajstić information content (AvgIpc) is 1.82. The molecule has 0 bridgehead atoms. The van der Waals surface area contributed by atoms with Crippen molar-refractivity contribution in [3.8, 4) is 0 Å². The Morgan fingerprint density at radius 2 is 2.11 bits per heavy atom. The predicted octanol–water partition coefficient (Wildman–Crippen LogP) is -0.589. The van der Waals surface area contributed by atoms with Crippen molar-refractivity contribution in [2.45, 2.75) is 19.4 Å². The lowest BCUT2D eigenvalue weighted by molar-refractivity contribution is -0.162. The van der Waals surface area contributed by atoms with Gasteiger partial charge >= 0.3 is 5.97 Å². The number of aliphatic carboxylic acids is 1. The first-order chi connectivity index (χ1) is 5.14. The summed E-state index contributed by atoms with van der Waals surface area (Å²) in [7, 11) is 0. The summed E-state index contributed by atoms with van der Waals surface area (Å²) in [5.41, 5.74) is -3.28. The predicted molar refractivity (Wildman–Crippen MR) is 28.9 cm³/mol. The van der Waals surface area contributed by atoms with E-state index < -0.39 is 24.2 Å². The molecule has 52 valence electrons. The van der Waals surface area contributed by atoms with Crippen LogP contribution in [0.2, 0.25) is 0 Å². The van der Waals surface area contributed by atoms with Gasteiger partial charge in [0.05, 0.1) is 0 Å². The van der Waals surface area contributed by atoms with E-state index in [2.05, 4.69) is 0 Å². The minimum atomic E-state index is -3.28. The van der Waals surface area contributed by atoms with Gasteiger partial charge in [-0.25, -0.2) is 4.79 Å². The Bertz CT molecular complexity index is 205.